The van der Waals surface area contributed by atoms with Crippen LogP contribution in [0.5, 0.6) is 6.01 Å². The number of rotatable bonds is 11. The quantitative estimate of drug-likeness (QED) is 0.279. The SMILES string of the molecule is CCOc1nc(=O)c(C)cn1[C@@H]1O[C@H](CO[Si](C)(C)C(C)(C)C)C(OC(C)=O)[C@@H]1OCCNC. The Balaban J connectivity index is 2.46. The van der Waals surface area contributed by atoms with Gasteiger partial charge in [-0.05, 0) is 39.0 Å². The molecule has 1 unspecified atom stereocenters. The zero-order chi connectivity index (χ0) is 25.7. The van der Waals surface area contributed by atoms with Gasteiger partial charge in [0.1, 0.15) is 12.2 Å². The lowest BCUT2D eigenvalue weighted by molar-refractivity contribution is -0.155. The Morgan fingerprint density at radius 3 is 2.53 bits per heavy atom. The average Bonchev–Trinajstić information content (AvgIpc) is 3.05. The third kappa shape index (κ3) is 6.88. The molecular formula is C23H41N3O7Si. The predicted octanol–water partition coefficient (Wildman–Crippen LogP) is 2.41. The van der Waals surface area contributed by atoms with E-state index in [1.807, 2.05) is 14.0 Å². The molecule has 34 heavy (non-hydrogen) atoms. The number of likely N-dealkylation sites (N-methyl/N-ethyl adjacent to an activating group) is 1. The molecule has 0 saturated carbocycles. The third-order valence-electron chi connectivity index (χ3n) is 6.30. The molecule has 1 aliphatic rings. The molecule has 0 aromatic carbocycles. The van der Waals surface area contributed by atoms with Gasteiger partial charge in [-0.2, -0.15) is 4.98 Å². The van der Waals surface area contributed by atoms with Crippen LogP contribution >= 0.6 is 0 Å². The van der Waals surface area contributed by atoms with Gasteiger partial charge in [-0.25, -0.2) is 0 Å². The first-order valence-corrected chi connectivity index (χ1v) is 14.7. The fraction of sp³-hybridized carbons (Fsp3) is 0.783. The van der Waals surface area contributed by atoms with Gasteiger partial charge < -0.3 is 28.7 Å². The second kappa shape index (κ2) is 11.8. The Morgan fingerprint density at radius 2 is 1.97 bits per heavy atom. The molecule has 1 N–H and O–H groups in total. The van der Waals surface area contributed by atoms with E-state index >= 15 is 0 Å². The standard InChI is InChI=1S/C23H41N3O7Si/c1-10-29-22-25-20(28)15(2)13-26(22)21-19(30-12-11-24-7)18(32-16(3)27)17(33-21)14-31-34(8,9)23(4,5)6/h13,17-19,21,24H,10-12,14H2,1-9H3/t17-,18?,19+,21-/m1/s1. The van der Waals surface area contributed by atoms with E-state index in [2.05, 4.69) is 44.2 Å². The van der Waals surface area contributed by atoms with Crippen LogP contribution in [0.15, 0.2) is 11.0 Å². The fourth-order valence-electron chi connectivity index (χ4n) is 3.35. The Hall–Kier alpha value is -1.79. The van der Waals surface area contributed by atoms with Crippen LogP contribution < -0.4 is 15.6 Å². The van der Waals surface area contributed by atoms with Crippen molar-refractivity contribution in [3.05, 3.63) is 22.1 Å². The molecule has 0 bridgehead atoms. The highest BCUT2D eigenvalue weighted by atomic mass is 28.4. The van der Waals surface area contributed by atoms with Crippen LogP contribution in [0.25, 0.3) is 0 Å². The van der Waals surface area contributed by atoms with Crippen molar-refractivity contribution in [2.45, 2.75) is 84.2 Å². The van der Waals surface area contributed by atoms with Crippen LogP contribution in [-0.4, -0.2) is 75.6 Å². The smallest absolute Gasteiger partial charge is 0.303 e. The summed E-state index contributed by atoms with van der Waals surface area (Å²) in [4.78, 5) is 28.3. The molecule has 1 aliphatic heterocycles. The molecule has 1 fully saturated rings. The molecule has 11 heteroatoms. The minimum Gasteiger partial charge on any atom is -0.465 e. The summed E-state index contributed by atoms with van der Waals surface area (Å²) in [7, 11) is -0.266. The number of nitrogens with zero attached hydrogens (tertiary/aromatic N) is 2. The lowest BCUT2D eigenvalue weighted by Gasteiger charge is -2.37. The lowest BCUT2D eigenvalue weighted by atomic mass is 10.1. The predicted molar refractivity (Wildman–Crippen MR) is 131 cm³/mol. The normalized spacial score (nSPS) is 23.2. The van der Waals surface area contributed by atoms with Crippen LogP contribution in [0.1, 0.15) is 46.4 Å². The number of carbonyl (C=O) groups excluding carboxylic acids is 1. The van der Waals surface area contributed by atoms with Crippen molar-refractivity contribution in [2.24, 2.45) is 0 Å². The monoisotopic (exact) mass is 499 g/mol. The molecule has 1 aromatic rings. The number of esters is 1. The van der Waals surface area contributed by atoms with Crippen LogP contribution in [0, 0.1) is 6.92 Å². The summed E-state index contributed by atoms with van der Waals surface area (Å²) in [6.07, 6.45) is -1.03. The highest BCUT2D eigenvalue weighted by molar-refractivity contribution is 6.74. The minimum atomic E-state index is -2.09. The van der Waals surface area contributed by atoms with E-state index in [1.54, 1.807) is 17.7 Å². The van der Waals surface area contributed by atoms with Crippen LogP contribution in [0.2, 0.25) is 18.1 Å². The molecule has 4 atom stereocenters. The highest BCUT2D eigenvalue weighted by Crippen LogP contribution is 2.39. The number of aromatic nitrogens is 2. The van der Waals surface area contributed by atoms with Gasteiger partial charge in [0.05, 0.1) is 19.8 Å². The summed E-state index contributed by atoms with van der Waals surface area (Å²) in [6, 6.07) is 0.123. The second-order valence-electron chi connectivity index (χ2n) is 10.0. The number of carbonyl (C=O) groups is 1. The Bertz CT molecular complexity index is 884. The summed E-state index contributed by atoms with van der Waals surface area (Å²) in [5.41, 5.74) is 0.0609. The maximum atomic E-state index is 12.2. The number of nitrogens with one attached hydrogen (secondary N) is 1. The fourth-order valence-corrected chi connectivity index (χ4v) is 4.37. The topological polar surface area (TPSA) is 110 Å². The molecule has 1 saturated heterocycles. The van der Waals surface area contributed by atoms with Gasteiger partial charge in [-0.1, -0.05) is 20.8 Å². The number of hydrogen-bond acceptors (Lipinski definition) is 9. The molecule has 10 nitrogen and oxygen atoms in total. The summed E-state index contributed by atoms with van der Waals surface area (Å²) < 4.78 is 32.0. The van der Waals surface area contributed by atoms with Crippen molar-refractivity contribution in [3.63, 3.8) is 0 Å². The van der Waals surface area contributed by atoms with Gasteiger partial charge in [0.2, 0.25) is 0 Å². The molecule has 0 radical (unpaired) electrons. The van der Waals surface area contributed by atoms with Gasteiger partial charge in [0.15, 0.2) is 20.6 Å². The molecule has 0 amide bonds. The molecule has 2 heterocycles. The van der Waals surface area contributed by atoms with Gasteiger partial charge >= 0.3 is 12.0 Å². The van der Waals surface area contributed by atoms with Crippen LogP contribution in [-0.2, 0) is 23.4 Å². The number of hydrogen-bond donors (Lipinski definition) is 1. The molecule has 2 rings (SSSR count). The largest absolute Gasteiger partial charge is 0.465 e. The van der Waals surface area contributed by atoms with Gasteiger partial charge in [-0.15, -0.1) is 0 Å². The highest BCUT2D eigenvalue weighted by Gasteiger charge is 2.50. The van der Waals surface area contributed by atoms with E-state index in [-0.39, 0.29) is 23.2 Å². The van der Waals surface area contributed by atoms with Crippen molar-refractivity contribution < 1.29 is 28.2 Å². The Morgan fingerprint density at radius 1 is 1.29 bits per heavy atom. The zero-order valence-corrected chi connectivity index (χ0v) is 23.0. The first-order valence-electron chi connectivity index (χ1n) is 11.8. The van der Waals surface area contributed by atoms with E-state index in [0.717, 1.165) is 0 Å². The maximum absolute atomic E-state index is 12.2. The Kier molecular flexibility index (Phi) is 9.84. The van der Waals surface area contributed by atoms with Crippen molar-refractivity contribution in [3.8, 4) is 6.01 Å². The lowest BCUT2D eigenvalue weighted by Crippen LogP contribution is -2.46. The summed E-state index contributed by atoms with van der Waals surface area (Å²) in [6.45, 7) is 17.2. The van der Waals surface area contributed by atoms with E-state index < -0.39 is 38.8 Å². The van der Waals surface area contributed by atoms with E-state index in [1.165, 1.54) is 6.92 Å². The summed E-state index contributed by atoms with van der Waals surface area (Å²) in [5, 5.41) is 3.05. The summed E-state index contributed by atoms with van der Waals surface area (Å²) >= 11 is 0. The van der Waals surface area contributed by atoms with Gasteiger partial charge in [0, 0.05) is 25.2 Å². The van der Waals surface area contributed by atoms with Gasteiger partial charge in [-0.3, -0.25) is 14.2 Å². The Labute approximate surface area is 203 Å². The third-order valence-corrected chi connectivity index (χ3v) is 10.8. The number of aryl methyl sites for hydroxylation is 1. The molecular weight excluding hydrogens is 458 g/mol. The van der Waals surface area contributed by atoms with Gasteiger partial charge in [0.25, 0.3) is 5.56 Å². The van der Waals surface area contributed by atoms with Crippen molar-refractivity contribution >= 4 is 14.3 Å². The summed E-state index contributed by atoms with van der Waals surface area (Å²) in [5.74, 6) is -0.437. The number of ether oxygens (including phenoxy) is 4. The van der Waals surface area contributed by atoms with Crippen LogP contribution in [0.3, 0.4) is 0 Å². The average molecular weight is 500 g/mol. The second-order valence-corrected chi connectivity index (χ2v) is 14.8. The molecule has 1 aromatic heterocycles. The maximum Gasteiger partial charge on any atom is 0.303 e. The first-order chi connectivity index (χ1) is 15.8. The molecule has 194 valence electrons. The first kappa shape index (κ1) is 28.4. The zero-order valence-electron chi connectivity index (χ0n) is 22.0. The van der Waals surface area contributed by atoms with Crippen molar-refractivity contribution in [1.29, 1.82) is 0 Å². The molecule has 0 aliphatic carbocycles. The van der Waals surface area contributed by atoms with Crippen molar-refractivity contribution in [1.82, 2.24) is 14.9 Å². The molecule has 0 spiro atoms. The van der Waals surface area contributed by atoms with E-state index in [4.69, 9.17) is 23.4 Å². The van der Waals surface area contributed by atoms with E-state index in [9.17, 15) is 9.59 Å². The van der Waals surface area contributed by atoms with E-state index in [0.29, 0.717) is 25.3 Å². The van der Waals surface area contributed by atoms with Crippen molar-refractivity contribution in [2.75, 3.05) is 33.4 Å². The van der Waals surface area contributed by atoms with Crippen LogP contribution in [0.4, 0.5) is 0 Å². The minimum absolute atomic E-state index is 0.00645.